The third-order valence-electron chi connectivity index (χ3n) is 11.5. The minimum absolute atomic E-state index is 0.0115. The number of aliphatic hydroxyl groups excluding tert-OH is 2. The van der Waals surface area contributed by atoms with Crippen molar-refractivity contribution in [3.63, 3.8) is 0 Å². The molecule has 6 rings (SSSR count). The number of fused-ring (bicyclic) bond motifs is 10. The first-order chi connectivity index (χ1) is 14.8. The summed E-state index contributed by atoms with van der Waals surface area (Å²) in [6.07, 6.45) is 9.29. The highest BCUT2D eigenvalue weighted by Gasteiger charge is 2.75. The van der Waals surface area contributed by atoms with Crippen molar-refractivity contribution in [2.45, 2.75) is 121 Å². The molecular weight excluding hydrogens is 404 g/mol. The van der Waals surface area contributed by atoms with Crippen molar-refractivity contribution >= 4 is 0 Å². The van der Waals surface area contributed by atoms with Gasteiger partial charge in [-0.15, -0.1) is 0 Å². The quantitative estimate of drug-likeness (QED) is 0.532. The predicted molar refractivity (Wildman–Crippen MR) is 121 cm³/mol. The Balaban J connectivity index is 1.37. The lowest BCUT2D eigenvalue weighted by Crippen LogP contribution is -2.63. The van der Waals surface area contributed by atoms with E-state index < -0.39 is 23.1 Å². The molecule has 5 fully saturated rings. The molecule has 3 saturated carbocycles. The number of hydrogen-bond donors (Lipinski definition) is 3. The van der Waals surface area contributed by atoms with Crippen LogP contribution in [0, 0.1) is 34.5 Å². The lowest BCUT2D eigenvalue weighted by atomic mass is 9.46. The van der Waals surface area contributed by atoms with Crippen LogP contribution in [0.2, 0.25) is 0 Å². The maximum absolute atomic E-state index is 11.2. The normalized spacial score (nSPS) is 59.0. The Bertz CT molecular complexity index is 847. The first-order valence-corrected chi connectivity index (χ1v) is 13.0. The Morgan fingerprint density at radius 2 is 1.81 bits per heavy atom. The van der Waals surface area contributed by atoms with E-state index in [4.69, 9.17) is 9.47 Å². The fourth-order valence-electron chi connectivity index (χ4n) is 9.80. The van der Waals surface area contributed by atoms with Gasteiger partial charge in [-0.05, 0) is 94.3 Å². The van der Waals surface area contributed by atoms with Gasteiger partial charge in [0.05, 0.1) is 18.3 Å². The molecule has 4 aliphatic carbocycles. The summed E-state index contributed by atoms with van der Waals surface area (Å²) in [4.78, 5) is 0. The molecule has 0 amide bonds. The molecule has 0 radical (unpaired) electrons. The summed E-state index contributed by atoms with van der Waals surface area (Å²) in [6.45, 7) is 10.5. The highest BCUT2D eigenvalue weighted by atomic mass is 16.7. The third kappa shape index (κ3) is 2.53. The molecule has 0 aromatic rings. The summed E-state index contributed by atoms with van der Waals surface area (Å²) < 4.78 is 13.3. The van der Waals surface area contributed by atoms with Crippen LogP contribution in [0.3, 0.4) is 0 Å². The summed E-state index contributed by atoms with van der Waals surface area (Å²) in [6, 6.07) is 0. The van der Waals surface area contributed by atoms with Gasteiger partial charge in [-0.1, -0.05) is 25.5 Å². The molecule has 5 heteroatoms. The molecular formula is C27H42O5. The van der Waals surface area contributed by atoms with E-state index in [9.17, 15) is 15.3 Å². The van der Waals surface area contributed by atoms with Crippen molar-refractivity contribution < 1.29 is 24.8 Å². The van der Waals surface area contributed by atoms with Gasteiger partial charge < -0.3 is 24.8 Å². The Labute approximate surface area is 192 Å². The number of ether oxygens (including phenoxy) is 2. The third-order valence-corrected chi connectivity index (χ3v) is 11.5. The van der Waals surface area contributed by atoms with Gasteiger partial charge in [0.15, 0.2) is 5.79 Å². The Morgan fingerprint density at radius 3 is 2.53 bits per heavy atom. The van der Waals surface area contributed by atoms with Crippen LogP contribution in [0.25, 0.3) is 0 Å². The highest BCUT2D eigenvalue weighted by Crippen LogP contribution is 2.71. The summed E-state index contributed by atoms with van der Waals surface area (Å²) in [5, 5.41) is 32.5. The van der Waals surface area contributed by atoms with Crippen LogP contribution in [0.5, 0.6) is 0 Å². The molecule has 2 aliphatic heterocycles. The fourth-order valence-corrected chi connectivity index (χ4v) is 9.80. The zero-order valence-corrected chi connectivity index (χ0v) is 20.4. The van der Waals surface area contributed by atoms with E-state index >= 15 is 0 Å². The van der Waals surface area contributed by atoms with Gasteiger partial charge in [0, 0.05) is 12.3 Å². The molecule has 3 N–H and O–H groups in total. The van der Waals surface area contributed by atoms with Crippen molar-refractivity contribution in [1.29, 1.82) is 0 Å². The minimum Gasteiger partial charge on any atom is -0.393 e. The molecule has 2 saturated heterocycles. The molecule has 0 unspecified atom stereocenters. The van der Waals surface area contributed by atoms with Crippen LogP contribution in [-0.4, -0.2) is 50.6 Å². The molecule has 11 atom stereocenters. The van der Waals surface area contributed by atoms with E-state index in [1.54, 1.807) is 13.8 Å². The average molecular weight is 447 g/mol. The second-order valence-electron chi connectivity index (χ2n) is 13.4. The first kappa shape index (κ1) is 22.0. The second-order valence-corrected chi connectivity index (χ2v) is 13.4. The van der Waals surface area contributed by atoms with Gasteiger partial charge in [0.2, 0.25) is 0 Å². The first-order valence-electron chi connectivity index (χ1n) is 13.0. The standard InChI is InChI=1S/C27H42O5/c1-23(2,30)27-14-21(29)26(5,32-27)22-20(31-27)13-19-17-7-6-15-12-16(28)8-10-24(15,3)18(17)9-11-25(19,22)4/h6,16-22,28-30H,7-14H2,1-5H3/t16-,17+,18-,19-,20-,21+,22-,24-,25-,26-,27-/m0/s1. The zero-order chi connectivity index (χ0) is 22.9. The molecule has 6 aliphatic rings. The van der Waals surface area contributed by atoms with Crippen LogP contribution in [0.1, 0.15) is 86.0 Å². The smallest absolute Gasteiger partial charge is 0.200 e. The van der Waals surface area contributed by atoms with Crippen molar-refractivity contribution in [2.24, 2.45) is 34.5 Å². The van der Waals surface area contributed by atoms with Gasteiger partial charge in [-0.2, -0.15) is 0 Å². The predicted octanol–water partition coefficient (Wildman–Crippen LogP) is 3.94. The summed E-state index contributed by atoms with van der Waals surface area (Å²) >= 11 is 0. The number of rotatable bonds is 1. The van der Waals surface area contributed by atoms with Gasteiger partial charge >= 0.3 is 0 Å². The largest absolute Gasteiger partial charge is 0.393 e. The number of allylic oxidation sites excluding steroid dienone is 1. The Morgan fingerprint density at radius 1 is 1.06 bits per heavy atom. The molecule has 2 bridgehead atoms. The van der Waals surface area contributed by atoms with Crippen molar-refractivity contribution in [1.82, 2.24) is 0 Å². The van der Waals surface area contributed by atoms with Crippen LogP contribution < -0.4 is 0 Å². The number of aliphatic hydroxyl groups is 3. The second kappa shape index (κ2) is 6.40. The molecule has 0 aromatic carbocycles. The molecule has 180 valence electrons. The van der Waals surface area contributed by atoms with Gasteiger partial charge in [0.25, 0.3) is 0 Å². The Hall–Kier alpha value is -0.460. The van der Waals surface area contributed by atoms with Crippen molar-refractivity contribution in [2.75, 3.05) is 0 Å². The fraction of sp³-hybridized carbons (Fsp3) is 0.926. The SMILES string of the molecule is CC(C)(O)[C@]12C[C@@H](O)[C@](C)(O1)[C@H]1[C@H](C[C@H]3[C@@H]4CC=C5C[C@@H](O)CC[C@]5(C)[C@H]4CC[C@@]31C)O2. The topological polar surface area (TPSA) is 79.2 Å². The summed E-state index contributed by atoms with van der Waals surface area (Å²) in [5.74, 6) is 0.817. The highest BCUT2D eigenvalue weighted by molar-refractivity contribution is 5.27. The van der Waals surface area contributed by atoms with E-state index in [-0.39, 0.29) is 29.0 Å². The van der Waals surface area contributed by atoms with Crippen LogP contribution in [0.15, 0.2) is 11.6 Å². The summed E-state index contributed by atoms with van der Waals surface area (Å²) in [5.41, 5.74) is -0.0853. The molecule has 32 heavy (non-hydrogen) atoms. The average Bonchev–Trinajstić information content (AvgIpc) is 3.11. The molecule has 0 spiro atoms. The van der Waals surface area contributed by atoms with Crippen LogP contribution in [-0.2, 0) is 9.47 Å². The van der Waals surface area contributed by atoms with Crippen molar-refractivity contribution in [3.8, 4) is 0 Å². The van der Waals surface area contributed by atoms with E-state index in [1.165, 1.54) is 12.0 Å². The molecule has 5 nitrogen and oxygen atoms in total. The molecule has 2 heterocycles. The summed E-state index contributed by atoms with van der Waals surface area (Å²) in [7, 11) is 0. The van der Waals surface area contributed by atoms with Gasteiger partial charge in [-0.3, -0.25) is 0 Å². The van der Waals surface area contributed by atoms with E-state index in [0.29, 0.717) is 24.2 Å². The lowest BCUT2D eigenvalue weighted by molar-refractivity contribution is -0.384. The zero-order valence-electron chi connectivity index (χ0n) is 20.4. The van der Waals surface area contributed by atoms with E-state index in [0.717, 1.165) is 38.5 Å². The maximum Gasteiger partial charge on any atom is 0.200 e. The van der Waals surface area contributed by atoms with E-state index in [2.05, 4.69) is 26.8 Å². The maximum atomic E-state index is 11.2. The molecule has 0 aromatic heterocycles. The van der Waals surface area contributed by atoms with Crippen LogP contribution in [0.4, 0.5) is 0 Å². The monoisotopic (exact) mass is 446 g/mol. The van der Waals surface area contributed by atoms with Crippen LogP contribution >= 0.6 is 0 Å². The number of hydrogen-bond acceptors (Lipinski definition) is 5. The minimum atomic E-state index is -1.17. The van der Waals surface area contributed by atoms with Gasteiger partial charge in [-0.25, -0.2) is 0 Å². The van der Waals surface area contributed by atoms with Crippen molar-refractivity contribution in [3.05, 3.63) is 11.6 Å². The lowest BCUT2D eigenvalue weighted by Gasteiger charge is -2.59. The van der Waals surface area contributed by atoms with E-state index in [1.807, 2.05) is 0 Å². The van der Waals surface area contributed by atoms with Gasteiger partial charge in [0.1, 0.15) is 11.2 Å². The Kier molecular flexibility index (Phi) is 4.40.